The molecular formula is C12H17N3O6. The number of aliphatic carboxylic acids is 1. The standard InChI is InChI=1S/C12H17N3O6/c1-7(2)14-6-8(15(20)21)5-10(14)11(17)13-9(3-4-16)12(18)19/h5-7,9,16H,3-4H2,1-2H3,(H,13,17)(H,18,19)/t9-/m1/s1. The fraction of sp³-hybridized carbons (Fsp3) is 0.500. The number of aliphatic hydroxyl groups is 1. The lowest BCUT2D eigenvalue weighted by Gasteiger charge is -2.15. The van der Waals surface area contributed by atoms with Gasteiger partial charge >= 0.3 is 5.97 Å². The van der Waals surface area contributed by atoms with E-state index >= 15 is 0 Å². The largest absolute Gasteiger partial charge is 0.480 e. The van der Waals surface area contributed by atoms with Crippen LogP contribution in [0.3, 0.4) is 0 Å². The Kier molecular flexibility index (Phi) is 5.42. The van der Waals surface area contributed by atoms with Gasteiger partial charge in [0, 0.05) is 25.1 Å². The van der Waals surface area contributed by atoms with Gasteiger partial charge in [-0.15, -0.1) is 0 Å². The fourth-order valence-electron chi connectivity index (χ4n) is 1.79. The number of aromatic nitrogens is 1. The van der Waals surface area contributed by atoms with Crippen LogP contribution >= 0.6 is 0 Å². The number of carboxylic acids is 1. The zero-order valence-corrected chi connectivity index (χ0v) is 11.6. The molecule has 0 fully saturated rings. The summed E-state index contributed by atoms with van der Waals surface area (Å²) in [5.41, 5.74) is -0.247. The minimum absolute atomic E-state index is 0.000824. The minimum atomic E-state index is -1.28. The summed E-state index contributed by atoms with van der Waals surface area (Å²) in [5.74, 6) is -2.02. The molecule has 0 saturated carbocycles. The van der Waals surface area contributed by atoms with Crippen LogP contribution < -0.4 is 5.32 Å². The summed E-state index contributed by atoms with van der Waals surface area (Å²) in [6, 6.07) is -0.370. The zero-order chi connectivity index (χ0) is 16.2. The molecule has 0 aliphatic heterocycles. The van der Waals surface area contributed by atoms with Crippen molar-refractivity contribution in [2.45, 2.75) is 32.4 Å². The quantitative estimate of drug-likeness (QED) is 0.497. The summed E-state index contributed by atoms with van der Waals surface area (Å²) in [7, 11) is 0. The second kappa shape index (κ2) is 6.84. The number of hydrogen-bond donors (Lipinski definition) is 3. The van der Waals surface area contributed by atoms with Crippen LogP contribution in [0, 0.1) is 10.1 Å². The minimum Gasteiger partial charge on any atom is -0.480 e. The van der Waals surface area contributed by atoms with Crippen molar-refractivity contribution in [1.29, 1.82) is 0 Å². The van der Waals surface area contributed by atoms with Crippen molar-refractivity contribution in [1.82, 2.24) is 9.88 Å². The van der Waals surface area contributed by atoms with Crippen molar-refractivity contribution in [2.75, 3.05) is 6.61 Å². The number of carbonyl (C=O) groups is 2. The van der Waals surface area contributed by atoms with E-state index in [0.29, 0.717) is 0 Å². The van der Waals surface area contributed by atoms with Crippen LogP contribution in [0.2, 0.25) is 0 Å². The van der Waals surface area contributed by atoms with Gasteiger partial charge in [0.2, 0.25) is 0 Å². The highest BCUT2D eigenvalue weighted by Crippen LogP contribution is 2.20. The van der Waals surface area contributed by atoms with Crippen molar-refractivity contribution < 1.29 is 24.7 Å². The fourth-order valence-corrected chi connectivity index (χ4v) is 1.79. The van der Waals surface area contributed by atoms with E-state index in [9.17, 15) is 19.7 Å². The lowest BCUT2D eigenvalue weighted by Crippen LogP contribution is -2.42. The molecule has 0 unspecified atom stereocenters. The number of aliphatic hydroxyl groups excluding tert-OH is 1. The molecule has 0 saturated heterocycles. The van der Waals surface area contributed by atoms with Crippen LogP contribution in [0.4, 0.5) is 5.69 Å². The van der Waals surface area contributed by atoms with E-state index in [1.807, 2.05) is 0 Å². The van der Waals surface area contributed by atoms with Crippen LogP contribution in [0.25, 0.3) is 0 Å². The molecule has 1 aromatic rings. The van der Waals surface area contributed by atoms with Gasteiger partial charge in [0.1, 0.15) is 11.7 Å². The van der Waals surface area contributed by atoms with Crippen LogP contribution in [-0.4, -0.2) is 44.2 Å². The molecule has 1 heterocycles. The van der Waals surface area contributed by atoms with Crippen molar-refractivity contribution in [3.8, 4) is 0 Å². The van der Waals surface area contributed by atoms with E-state index in [-0.39, 0.29) is 23.8 Å². The number of carboxylic acid groups (broad SMARTS) is 1. The Balaban J connectivity index is 3.05. The summed E-state index contributed by atoms with van der Waals surface area (Å²) in [6.45, 7) is 3.08. The molecule has 21 heavy (non-hydrogen) atoms. The second-order valence-electron chi connectivity index (χ2n) is 4.72. The Morgan fingerprint density at radius 1 is 1.48 bits per heavy atom. The van der Waals surface area contributed by atoms with Crippen molar-refractivity contribution in [3.63, 3.8) is 0 Å². The third kappa shape index (κ3) is 4.02. The Labute approximate surface area is 120 Å². The first-order valence-corrected chi connectivity index (χ1v) is 6.28. The normalized spacial score (nSPS) is 12.2. The molecule has 1 atom stereocenters. The van der Waals surface area contributed by atoms with Gasteiger partial charge < -0.3 is 20.1 Å². The van der Waals surface area contributed by atoms with Gasteiger partial charge in [0.05, 0.1) is 11.1 Å². The highest BCUT2D eigenvalue weighted by atomic mass is 16.6. The van der Waals surface area contributed by atoms with Crippen molar-refractivity contribution >= 4 is 17.6 Å². The lowest BCUT2D eigenvalue weighted by molar-refractivity contribution is -0.384. The van der Waals surface area contributed by atoms with E-state index in [1.165, 1.54) is 10.8 Å². The number of hydrogen-bond acceptors (Lipinski definition) is 5. The maximum Gasteiger partial charge on any atom is 0.326 e. The number of rotatable bonds is 7. The third-order valence-corrected chi connectivity index (χ3v) is 2.86. The molecule has 116 valence electrons. The van der Waals surface area contributed by atoms with Crippen LogP contribution in [0.1, 0.15) is 36.8 Å². The van der Waals surface area contributed by atoms with Gasteiger partial charge in [-0.1, -0.05) is 0 Å². The number of amides is 1. The smallest absolute Gasteiger partial charge is 0.326 e. The van der Waals surface area contributed by atoms with Crippen LogP contribution in [0.15, 0.2) is 12.3 Å². The van der Waals surface area contributed by atoms with Gasteiger partial charge in [0.15, 0.2) is 0 Å². The number of nitrogens with zero attached hydrogens (tertiary/aromatic N) is 2. The van der Waals surface area contributed by atoms with Crippen molar-refractivity contribution in [2.24, 2.45) is 0 Å². The summed E-state index contributed by atoms with van der Waals surface area (Å²) >= 11 is 0. The van der Waals surface area contributed by atoms with Crippen molar-refractivity contribution in [3.05, 3.63) is 28.1 Å². The van der Waals surface area contributed by atoms with E-state index in [2.05, 4.69) is 5.32 Å². The predicted octanol–water partition coefficient (Wildman–Crippen LogP) is 0.543. The molecule has 3 N–H and O–H groups in total. The van der Waals surface area contributed by atoms with E-state index in [0.717, 1.165) is 6.07 Å². The van der Waals surface area contributed by atoms with Gasteiger partial charge in [-0.25, -0.2) is 4.79 Å². The highest BCUT2D eigenvalue weighted by molar-refractivity contribution is 5.96. The maximum atomic E-state index is 12.1. The first-order chi connectivity index (χ1) is 9.77. The predicted molar refractivity (Wildman–Crippen MR) is 72.1 cm³/mol. The Morgan fingerprint density at radius 3 is 2.52 bits per heavy atom. The number of carbonyl (C=O) groups excluding carboxylic acids is 1. The van der Waals surface area contributed by atoms with Crippen LogP contribution in [0.5, 0.6) is 0 Å². The number of nitro groups is 1. The molecule has 0 spiro atoms. The van der Waals surface area contributed by atoms with Gasteiger partial charge in [-0.2, -0.15) is 0 Å². The van der Waals surface area contributed by atoms with E-state index < -0.39 is 29.4 Å². The lowest BCUT2D eigenvalue weighted by atomic mass is 10.2. The van der Waals surface area contributed by atoms with Gasteiger partial charge in [0.25, 0.3) is 11.6 Å². The summed E-state index contributed by atoms with van der Waals surface area (Å²) < 4.78 is 1.39. The number of nitrogens with one attached hydrogen (secondary N) is 1. The first-order valence-electron chi connectivity index (χ1n) is 6.28. The summed E-state index contributed by atoms with van der Waals surface area (Å²) in [4.78, 5) is 33.2. The molecule has 0 aliphatic rings. The second-order valence-corrected chi connectivity index (χ2v) is 4.72. The maximum absolute atomic E-state index is 12.1. The molecule has 0 radical (unpaired) electrons. The van der Waals surface area contributed by atoms with Gasteiger partial charge in [-0.3, -0.25) is 14.9 Å². The molecular weight excluding hydrogens is 282 g/mol. The van der Waals surface area contributed by atoms with E-state index in [4.69, 9.17) is 10.2 Å². The monoisotopic (exact) mass is 299 g/mol. The molecule has 0 bridgehead atoms. The SMILES string of the molecule is CC(C)n1cc([N+](=O)[O-])cc1C(=O)N[C@H](CCO)C(=O)O. The zero-order valence-electron chi connectivity index (χ0n) is 11.6. The Hall–Kier alpha value is -2.42. The molecule has 0 aromatic carbocycles. The van der Waals surface area contributed by atoms with E-state index in [1.54, 1.807) is 13.8 Å². The summed E-state index contributed by atoms with van der Waals surface area (Å²) in [5, 5.41) is 30.7. The molecule has 1 rings (SSSR count). The topological polar surface area (TPSA) is 135 Å². The first kappa shape index (κ1) is 16.6. The Morgan fingerprint density at radius 2 is 2.10 bits per heavy atom. The third-order valence-electron chi connectivity index (χ3n) is 2.86. The summed E-state index contributed by atoms with van der Waals surface area (Å²) in [6.07, 6.45) is 1.08. The highest BCUT2D eigenvalue weighted by Gasteiger charge is 2.25. The molecule has 9 heteroatoms. The Bertz CT molecular complexity index is 551. The molecule has 0 aliphatic carbocycles. The average molecular weight is 299 g/mol. The average Bonchev–Trinajstić information content (AvgIpc) is 2.83. The molecule has 9 nitrogen and oxygen atoms in total. The molecule has 1 amide bonds. The van der Waals surface area contributed by atoms with Crippen LogP contribution in [-0.2, 0) is 4.79 Å². The van der Waals surface area contributed by atoms with Gasteiger partial charge in [-0.05, 0) is 13.8 Å². The molecule has 1 aromatic heterocycles.